The molecule has 4 aromatic rings. The smallest absolute Gasteiger partial charge is 0.407 e. The van der Waals surface area contributed by atoms with Crippen molar-refractivity contribution >= 4 is 49.5 Å². The average Bonchev–Trinajstić information content (AvgIpc) is 3.51. The number of piperazine rings is 1. The van der Waals surface area contributed by atoms with Gasteiger partial charge in [0.25, 0.3) is 0 Å². The number of fused-ring (bicyclic) bond motifs is 2. The number of halogens is 1. The van der Waals surface area contributed by atoms with Gasteiger partial charge in [-0.15, -0.1) is 0 Å². The van der Waals surface area contributed by atoms with Gasteiger partial charge in [0.2, 0.25) is 0 Å². The standard InChI is InChI=1S/C27H29BrN6O2S/c28-20-8-6-19(7-9-20)25-22-18-33(27(35)36)13-10-23(22)34(29-25)12-3-11-31-14-16-32(17-15-31)26-21-4-1-2-5-24(21)37-30-26/h1-2,4-9H,3,10-18H2,(H,35,36). The molecular formula is C27H29BrN6O2S. The number of nitrogens with zero attached hydrogens (tertiary/aromatic N) is 6. The molecule has 0 bridgehead atoms. The molecule has 0 saturated carbocycles. The average molecular weight is 582 g/mol. The minimum atomic E-state index is -0.870. The minimum absolute atomic E-state index is 0.392. The lowest BCUT2D eigenvalue weighted by Crippen LogP contribution is -2.47. The van der Waals surface area contributed by atoms with Gasteiger partial charge < -0.3 is 14.9 Å². The highest BCUT2D eigenvalue weighted by atomic mass is 79.9. The number of rotatable bonds is 6. The molecule has 1 saturated heterocycles. The normalized spacial score (nSPS) is 16.4. The molecule has 4 heterocycles. The quantitative estimate of drug-likeness (QED) is 0.339. The maximum Gasteiger partial charge on any atom is 0.407 e. The molecule has 6 rings (SSSR count). The summed E-state index contributed by atoms with van der Waals surface area (Å²) >= 11 is 5.08. The number of hydrogen-bond donors (Lipinski definition) is 1. The molecule has 0 spiro atoms. The molecule has 10 heteroatoms. The summed E-state index contributed by atoms with van der Waals surface area (Å²) in [7, 11) is 0. The molecule has 2 aliphatic rings. The molecule has 37 heavy (non-hydrogen) atoms. The van der Waals surface area contributed by atoms with E-state index in [0.717, 1.165) is 72.8 Å². The summed E-state index contributed by atoms with van der Waals surface area (Å²) < 4.78 is 9.12. The first-order chi connectivity index (χ1) is 18.1. The Balaban J connectivity index is 1.10. The zero-order valence-electron chi connectivity index (χ0n) is 20.5. The van der Waals surface area contributed by atoms with Crippen LogP contribution in [0.15, 0.2) is 53.0 Å². The molecule has 1 amide bonds. The zero-order chi connectivity index (χ0) is 25.4. The summed E-state index contributed by atoms with van der Waals surface area (Å²) in [6, 6.07) is 16.6. The summed E-state index contributed by atoms with van der Waals surface area (Å²) in [6.45, 7) is 6.80. The molecule has 2 aliphatic heterocycles. The number of benzene rings is 2. The number of carboxylic acid groups (broad SMARTS) is 1. The van der Waals surface area contributed by atoms with Gasteiger partial charge in [-0.2, -0.15) is 9.47 Å². The van der Waals surface area contributed by atoms with Crippen LogP contribution in [0, 0.1) is 0 Å². The lowest BCUT2D eigenvalue weighted by Gasteiger charge is -2.35. The van der Waals surface area contributed by atoms with Gasteiger partial charge in [0, 0.05) is 78.9 Å². The molecule has 0 aliphatic carbocycles. The SMILES string of the molecule is O=C(O)N1CCc2c(c(-c3ccc(Br)cc3)nn2CCCN2CCN(c3nsc4ccccc34)CC2)C1. The van der Waals surface area contributed by atoms with E-state index in [1.165, 1.54) is 20.7 Å². The molecular weight excluding hydrogens is 552 g/mol. The minimum Gasteiger partial charge on any atom is -0.465 e. The predicted octanol–water partition coefficient (Wildman–Crippen LogP) is 5.17. The van der Waals surface area contributed by atoms with Crippen LogP contribution in [0.4, 0.5) is 10.6 Å². The molecule has 192 valence electrons. The van der Waals surface area contributed by atoms with E-state index in [-0.39, 0.29) is 0 Å². The fourth-order valence-corrected chi connectivity index (χ4v) is 6.47. The van der Waals surface area contributed by atoms with Crippen molar-refractivity contribution in [3.05, 3.63) is 64.3 Å². The first-order valence-corrected chi connectivity index (χ1v) is 14.3. The Hall–Kier alpha value is -2.95. The maximum absolute atomic E-state index is 11.7. The number of aromatic nitrogens is 3. The van der Waals surface area contributed by atoms with E-state index in [1.54, 1.807) is 11.5 Å². The van der Waals surface area contributed by atoms with Crippen LogP contribution in [-0.2, 0) is 19.5 Å². The van der Waals surface area contributed by atoms with E-state index in [4.69, 9.17) is 9.47 Å². The van der Waals surface area contributed by atoms with E-state index in [0.29, 0.717) is 19.5 Å². The van der Waals surface area contributed by atoms with Crippen LogP contribution in [0.1, 0.15) is 17.7 Å². The van der Waals surface area contributed by atoms with Crippen molar-refractivity contribution in [3.63, 3.8) is 0 Å². The second-order valence-electron chi connectivity index (χ2n) is 9.64. The highest BCUT2D eigenvalue weighted by Crippen LogP contribution is 2.32. The first kappa shape index (κ1) is 24.4. The van der Waals surface area contributed by atoms with Crippen LogP contribution in [-0.4, -0.2) is 74.4 Å². The van der Waals surface area contributed by atoms with Gasteiger partial charge in [0.05, 0.1) is 16.9 Å². The van der Waals surface area contributed by atoms with Crippen molar-refractivity contribution in [2.24, 2.45) is 0 Å². The van der Waals surface area contributed by atoms with E-state index in [2.05, 4.69) is 54.7 Å². The summed E-state index contributed by atoms with van der Waals surface area (Å²) in [4.78, 5) is 18.1. The highest BCUT2D eigenvalue weighted by Gasteiger charge is 2.28. The van der Waals surface area contributed by atoms with E-state index in [9.17, 15) is 9.90 Å². The topological polar surface area (TPSA) is 77.7 Å². The van der Waals surface area contributed by atoms with Gasteiger partial charge >= 0.3 is 6.09 Å². The van der Waals surface area contributed by atoms with Gasteiger partial charge in [-0.25, -0.2) is 4.79 Å². The fourth-order valence-electron chi connectivity index (χ4n) is 5.41. The predicted molar refractivity (Wildman–Crippen MR) is 150 cm³/mol. The molecule has 0 radical (unpaired) electrons. The summed E-state index contributed by atoms with van der Waals surface area (Å²) in [5.41, 5.74) is 4.14. The van der Waals surface area contributed by atoms with Crippen LogP contribution in [0.5, 0.6) is 0 Å². The maximum atomic E-state index is 11.7. The van der Waals surface area contributed by atoms with Crippen molar-refractivity contribution in [1.82, 2.24) is 24.0 Å². The molecule has 0 unspecified atom stereocenters. The summed E-state index contributed by atoms with van der Waals surface area (Å²) in [5, 5.41) is 15.8. The molecule has 8 nitrogen and oxygen atoms in total. The Morgan fingerprint density at radius 1 is 1.00 bits per heavy atom. The van der Waals surface area contributed by atoms with Gasteiger partial charge in [-0.3, -0.25) is 9.58 Å². The third-order valence-electron chi connectivity index (χ3n) is 7.40. The van der Waals surface area contributed by atoms with Crippen LogP contribution in [0.3, 0.4) is 0 Å². The molecule has 2 aromatic carbocycles. The van der Waals surface area contributed by atoms with Crippen LogP contribution in [0.2, 0.25) is 0 Å². The van der Waals surface area contributed by atoms with Crippen molar-refractivity contribution < 1.29 is 9.90 Å². The monoisotopic (exact) mass is 580 g/mol. The molecule has 2 aromatic heterocycles. The van der Waals surface area contributed by atoms with Crippen LogP contribution in [0.25, 0.3) is 21.3 Å². The third-order valence-corrected chi connectivity index (χ3v) is 8.74. The van der Waals surface area contributed by atoms with Crippen LogP contribution < -0.4 is 4.90 Å². The van der Waals surface area contributed by atoms with Crippen molar-refractivity contribution in [2.45, 2.75) is 25.9 Å². The molecule has 1 N–H and O–H groups in total. The van der Waals surface area contributed by atoms with E-state index in [1.807, 2.05) is 24.3 Å². The lowest BCUT2D eigenvalue weighted by atomic mass is 10.0. The van der Waals surface area contributed by atoms with Gasteiger partial charge in [0.15, 0.2) is 0 Å². The van der Waals surface area contributed by atoms with Gasteiger partial charge in [0.1, 0.15) is 5.82 Å². The fraction of sp³-hybridized carbons (Fsp3) is 0.370. The second kappa shape index (κ2) is 10.4. The van der Waals surface area contributed by atoms with Crippen molar-refractivity contribution in [2.75, 3.05) is 44.2 Å². The number of anilines is 1. The molecule has 0 atom stereocenters. The Kier molecular flexibility index (Phi) is 6.88. The Morgan fingerprint density at radius 2 is 1.78 bits per heavy atom. The first-order valence-electron chi connectivity index (χ1n) is 12.7. The van der Waals surface area contributed by atoms with Crippen molar-refractivity contribution in [3.8, 4) is 11.3 Å². The van der Waals surface area contributed by atoms with Crippen molar-refractivity contribution in [1.29, 1.82) is 0 Å². The van der Waals surface area contributed by atoms with Crippen LogP contribution >= 0.6 is 27.5 Å². The van der Waals surface area contributed by atoms with E-state index < -0.39 is 6.09 Å². The molecule has 1 fully saturated rings. The number of aryl methyl sites for hydroxylation is 1. The number of carbonyl (C=O) groups is 1. The van der Waals surface area contributed by atoms with Gasteiger partial charge in [-0.1, -0.05) is 40.2 Å². The number of hydrogen-bond acceptors (Lipinski definition) is 6. The lowest BCUT2D eigenvalue weighted by molar-refractivity contribution is 0.139. The highest BCUT2D eigenvalue weighted by molar-refractivity contribution is 9.10. The Bertz CT molecular complexity index is 1410. The second-order valence-corrected chi connectivity index (χ2v) is 11.4. The third kappa shape index (κ3) is 4.97. The van der Waals surface area contributed by atoms with E-state index >= 15 is 0 Å². The largest absolute Gasteiger partial charge is 0.465 e. The Labute approximate surface area is 228 Å². The van der Waals surface area contributed by atoms with Gasteiger partial charge in [-0.05, 0) is 42.2 Å². The Morgan fingerprint density at radius 3 is 2.57 bits per heavy atom. The zero-order valence-corrected chi connectivity index (χ0v) is 22.9. The number of amides is 1. The summed E-state index contributed by atoms with van der Waals surface area (Å²) in [5.74, 6) is 1.12. The summed E-state index contributed by atoms with van der Waals surface area (Å²) in [6.07, 6.45) is 0.840.